The molecule has 0 saturated heterocycles. The smallest absolute Gasteiger partial charge is 0.333 e. The molecule has 3 aliphatic rings. The molecular formula is C16H22O4. The molecule has 4 heteroatoms. The summed E-state index contributed by atoms with van der Waals surface area (Å²) >= 11 is 0. The summed E-state index contributed by atoms with van der Waals surface area (Å²) in [5, 5.41) is 10.7. The second-order valence-corrected chi connectivity index (χ2v) is 6.88. The molecule has 1 N–H and O–H groups in total. The minimum atomic E-state index is -0.987. The molecule has 1 aliphatic heterocycles. The first-order valence-corrected chi connectivity index (χ1v) is 7.15. The van der Waals surface area contributed by atoms with E-state index in [9.17, 15) is 9.90 Å². The Bertz CT molecular complexity index is 519. The summed E-state index contributed by atoms with van der Waals surface area (Å²) in [4.78, 5) is 11.7. The Balaban J connectivity index is 2.11. The standard InChI is InChI=1S/C16H22O4/c1-10-14(2)6-5-11-7-13(17)20-16(11,19-4)12(8-14)9-15(10,3)18/h7,12,18H,1,5-6,8-9H2,2-4H3/t12-,14-,15-,16+/m1/s1. The van der Waals surface area contributed by atoms with Crippen LogP contribution in [0, 0.1) is 11.3 Å². The highest BCUT2D eigenvalue weighted by atomic mass is 16.7. The molecule has 0 unspecified atom stereocenters. The molecule has 2 fully saturated rings. The van der Waals surface area contributed by atoms with Crippen LogP contribution in [-0.2, 0) is 14.3 Å². The molecule has 0 amide bonds. The highest BCUT2D eigenvalue weighted by Gasteiger charge is 2.59. The fourth-order valence-corrected chi connectivity index (χ4v) is 4.34. The topological polar surface area (TPSA) is 55.8 Å². The molecule has 0 aromatic carbocycles. The number of fused-ring (bicyclic) bond motifs is 4. The Morgan fingerprint density at radius 1 is 1.45 bits per heavy atom. The van der Waals surface area contributed by atoms with E-state index in [1.165, 1.54) is 0 Å². The van der Waals surface area contributed by atoms with Gasteiger partial charge in [0.2, 0.25) is 5.79 Å². The summed E-state index contributed by atoms with van der Waals surface area (Å²) in [6.45, 7) is 8.08. The van der Waals surface area contributed by atoms with E-state index in [0.29, 0.717) is 6.42 Å². The van der Waals surface area contributed by atoms with Crippen molar-refractivity contribution in [1.82, 2.24) is 0 Å². The Hall–Kier alpha value is -1.13. The molecule has 4 atom stereocenters. The molecule has 20 heavy (non-hydrogen) atoms. The third-order valence-electron chi connectivity index (χ3n) is 5.50. The van der Waals surface area contributed by atoms with E-state index in [1.54, 1.807) is 20.1 Å². The molecule has 0 aromatic rings. The lowest BCUT2D eigenvalue weighted by Gasteiger charge is -2.49. The van der Waals surface area contributed by atoms with Gasteiger partial charge in [-0.2, -0.15) is 0 Å². The Kier molecular flexibility index (Phi) is 2.73. The van der Waals surface area contributed by atoms with Gasteiger partial charge in [-0.25, -0.2) is 4.79 Å². The fraction of sp³-hybridized carbons (Fsp3) is 0.688. The van der Waals surface area contributed by atoms with Gasteiger partial charge in [0.05, 0.1) is 5.60 Å². The van der Waals surface area contributed by atoms with E-state index in [1.807, 2.05) is 0 Å². The molecule has 4 nitrogen and oxygen atoms in total. The van der Waals surface area contributed by atoms with Crippen LogP contribution in [0.4, 0.5) is 0 Å². The van der Waals surface area contributed by atoms with Gasteiger partial charge in [0.1, 0.15) is 0 Å². The van der Waals surface area contributed by atoms with Crippen molar-refractivity contribution in [1.29, 1.82) is 0 Å². The third kappa shape index (κ3) is 1.64. The summed E-state index contributed by atoms with van der Waals surface area (Å²) in [5.41, 5.74) is 0.701. The van der Waals surface area contributed by atoms with Crippen LogP contribution >= 0.6 is 0 Å². The van der Waals surface area contributed by atoms with E-state index in [0.717, 1.165) is 30.4 Å². The van der Waals surface area contributed by atoms with Crippen LogP contribution in [0.1, 0.15) is 39.5 Å². The van der Waals surface area contributed by atoms with E-state index < -0.39 is 11.4 Å². The van der Waals surface area contributed by atoms with Gasteiger partial charge < -0.3 is 14.6 Å². The average Bonchev–Trinajstić information content (AvgIpc) is 2.66. The number of carbonyl (C=O) groups excluding carboxylic acids is 1. The molecule has 2 bridgehead atoms. The maximum absolute atomic E-state index is 11.7. The Morgan fingerprint density at radius 3 is 2.80 bits per heavy atom. The lowest BCUT2D eigenvalue weighted by atomic mass is 9.60. The van der Waals surface area contributed by atoms with Crippen molar-refractivity contribution in [3.05, 3.63) is 23.8 Å². The molecular weight excluding hydrogens is 256 g/mol. The maximum Gasteiger partial charge on any atom is 0.333 e. The molecule has 3 rings (SSSR count). The van der Waals surface area contributed by atoms with E-state index in [4.69, 9.17) is 9.47 Å². The summed E-state index contributed by atoms with van der Waals surface area (Å²) in [5.74, 6) is -1.37. The van der Waals surface area contributed by atoms with Gasteiger partial charge in [-0.1, -0.05) is 13.5 Å². The second kappa shape index (κ2) is 3.95. The lowest BCUT2D eigenvalue weighted by Crippen LogP contribution is -2.51. The van der Waals surface area contributed by atoms with E-state index in [-0.39, 0.29) is 17.3 Å². The minimum Gasteiger partial charge on any atom is -0.425 e. The van der Waals surface area contributed by atoms with E-state index in [2.05, 4.69) is 13.5 Å². The predicted octanol–water partition coefficient (Wildman–Crippen LogP) is 2.33. The monoisotopic (exact) mass is 278 g/mol. The fourth-order valence-electron chi connectivity index (χ4n) is 4.34. The van der Waals surface area contributed by atoms with Crippen molar-refractivity contribution in [2.75, 3.05) is 7.11 Å². The SMILES string of the molecule is C=C1[C@]2(C)CCC3=CC(=O)O[C@]3(OC)[C@H](C2)C[C@@]1(C)O. The molecule has 0 aromatic heterocycles. The zero-order chi connectivity index (χ0) is 14.8. The lowest BCUT2D eigenvalue weighted by molar-refractivity contribution is -0.225. The zero-order valence-corrected chi connectivity index (χ0v) is 12.4. The van der Waals surface area contributed by atoms with Crippen LogP contribution in [0.5, 0.6) is 0 Å². The number of carbonyl (C=O) groups is 1. The number of esters is 1. The van der Waals surface area contributed by atoms with E-state index >= 15 is 0 Å². The highest BCUT2D eigenvalue weighted by Crippen LogP contribution is 2.59. The van der Waals surface area contributed by atoms with Crippen molar-refractivity contribution >= 4 is 5.97 Å². The largest absolute Gasteiger partial charge is 0.425 e. The number of ether oxygens (including phenoxy) is 2. The number of aliphatic hydroxyl groups is 1. The molecule has 0 radical (unpaired) electrons. The average molecular weight is 278 g/mol. The van der Waals surface area contributed by atoms with Crippen LogP contribution in [0.25, 0.3) is 0 Å². The first kappa shape index (κ1) is 13.8. The van der Waals surface area contributed by atoms with Crippen LogP contribution in [0.2, 0.25) is 0 Å². The summed E-state index contributed by atoms with van der Waals surface area (Å²) in [6.07, 6.45) is 4.47. The summed E-state index contributed by atoms with van der Waals surface area (Å²) in [6, 6.07) is 0. The van der Waals surface area contributed by atoms with Crippen molar-refractivity contribution in [2.45, 2.75) is 50.9 Å². The van der Waals surface area contributed by atoms with Gasteiger partial charge in [-0.3, -0.25) is 0 Å². The van der Waals surface area contributed by atoms with Crippen molar-refractivity contribution < 1.29 is 19.4 Å². The molecule has 1 heterocycles. The third-order valence-corrected chi connectivity index (χ3v) is 5.50. The zero-order valence-electron chi connectivity index (χ0n) is 12.4. The first-order valence-electron chi connectivity index (χ1n) is 7.15. The Labute approximate surface area is 119 Å². The Morgan fingerprint density at radius 2 is 2.15 bits per heavy atom. The summed E-state index contributed by atoms with van der Waals surface area (Å²) in [7, 11) is 1.58. The van der Waals surface area contributed by atoms with Gasteiger partial charge in [0.15, 0.2) is 0 Å². The van der Waals surface area contributed by atoms with Crippen molar-refractivity contribution in [2.24, 2.45) is 11.3 Å². The molecule has 2 saturated carbocycles. The number of hydrogen-bond acceptors (Lipinski definition) is 4. The normalized spacial score (nSPS) is 47.4. The quantitative estimate of drug-likeness (QED) is 0.591. The highest BCUT2D eigenvalue weighted by molar-refractivity contribution is 5.86. The van der Waals surface area contributed by atoms with Crippen LogP contribution < -0.4 is 0 Å². The second-order valence-electron chi connectivity index (χ2n) is 6.88. The number of methoxy groups -OCH3 is 1. The van der Waals surface area contributed by atoms with Gasteiger partial charge in [0, 0.05) is 24.7 Å². The van der Waals surface area contributed by atoms with Crippen LogP contribution in [0.3, 0.4) is 0 Å². The number of rotatable bonds is 1. The summed E-state index contributed by atoms with van der Waals surface area (Å²) < 4.78 is 11.2. The van der Waals surface area contributed by atoms with Crippen molar-refractivity contribution in [3.8, 4) is 0 Å². The number of hydrogen-bond donors (Lipinski definition) is 1. The maximum atomic E-state index is 11.7. The predicted molar refractivity (Wildman–Crippen MR) is 73.7 cm³/mol. The molecule has 110 valence electrons. The first-order chi connectivity index (χ1) is 9.23. The molecule has 0 spiro atoms. The van der Waals surface area contributed by atoms with Crippen LogP contribution in [0.15, 0.2) is 23.8 Å². The van der Waals surface area contributed by atoms with Gasteiger partial charge in [-0.05, 0) is 43.6 Å². The van der Waals surface area contributed by atoms with Gasteiger partial charge >= 0.3 is 5.97 Å². The minimum absolute atomic E-state index is 0.0433. The van der Waals surface area contributed by atoms with Crippen LogP contribution in [-0.4, -0.2) is 29.6 Å². The van der Waals surface area contributed by atoms with Crippen molar-refractivity contribution in [3.63, 3.8) is 0 Å². The van der Waals surface area contributed by atoms with Gasteiger partial charge in [-0.15, -0.1) is 0 Å². The van der Waals surface area contributed by atoms with Gasteiger partial charge in [0.25, 0.3) is 0 Å². The molecule has 2 aliphatic carbocycles.